The van der Waals surface area contributed by atoms with E-state index < -0.39 is 5.24 Å². The fraction of sp³-hybridized carbons (Fsp3) is 0. The second kappa shape index (κ2) is 5.34. The van der Waals surface area contributed by atoms with Crippen molar-refractivity contribution in [3.8, 4) is 0 Å². The van der Waals surface area contributed by atoms with E-state index in [0.717, 1.165) is 0 Å². The van der Waals surface area contributed by atoms with Gasteiger partial charge in [0.2, 0.25) is 0 Å². The molecule has 0 radical (unpaired) electrons. The van der Waals surface area contributed by atoms with Crippen LogP contribution in [0.25, 0.3) is 0 Å². The highest BCUT2D eigenvalue weighted by atomic mass is 35.5. The Hall–Kier alpha value is -1.64. The van der Waals surface area contributed by atoms with Crippen LogP contribution in [0.3, 0.4) is 0 Å². The zero-order chi connectivity index (χ0) is 13.1. The van der Waals surface area contributed by atoms with Gasteiger partial charge in [0.15, 0.2) is 5.78 Å². The van der Waals surface area contributed by atoms with Crippen molar-refractivity contribution in [2.45, 2.75) is 0 Å². The summed E-state index contributed by atoms with van der Waals surface area (Å²) in [4.78, 5) is 23.4. The van der Waals surface area contributed by atoms with Crippen LogP contribution in [0, 0.1) is 0 Å². The van der Waals surface area contributed by atoms with E-state index in [1.807, 2.05) is 6.07 Å². The number of ketones is 1. The van der Waals surface area contributed by atoms with Crippen molar-refractivity contribution < 1.29 is 9.59 Å². The molecule has 18 heavy (non-hydrogen) atoms. The molecule has 0 aromatic heterocycles. The minimum Gasteiger partial charge on any atom is -0.289 e. The van der Waals surface area contributed by atoms with Crippen molar-refractivity contribution in [3.05, 3.63) is 70.2 Å². The normalized spacial score (nSPS) is 10.1. The number of hydrogen-bond acceptors (Lipinski definition) is 2. The zero-order valence-corrected chi connectivity index (χ0v) is 10.7. The first kappa shape index (κ1) is 12.8. The van der Waals surface area contributed by atoms with Gasteiger partial charge in [0.25, 0.3) is 5.24 Å². The predicted octanol–water partition coefficient (Wildman–Crippen LogP) is 3.95. The summed E-state index contributed by atoms with van der Waals surface area (Å²) in [5.41, 5.74) is 0.924. The minimum absolute atomic E-state index is 0.0892. The van der Waals surface area contributed by atoms with Gasteiger partial charge in [-0.15, -0.1) is 0 Å². The van der Waals surface area contributed by atoms with E-state index in [2.05, 4.69) is 0 Å². The van der Waals surface area contributed by atoms with Crippen molar-refractivity contribution in [2.24, 2.45) is 0 Å². The molecular formula is C14H8Cl2O2. The number of halogens is 2. The lowest BCUT2D eigenvalue weighted by atomic mass is 10.0. The third kappa shape index (κ3) is 2.45. The number of hydrogen-bond donors (Lipinski definition) is 0. The summed E-state index contributed by atoms with van der Waals surface area (Å²) in [5.74, 6) is -0.236. The molecule has 0 amide bonds. The first-order valence-corrected chi connectivity index (χ1v) is 5.95. The largest absolute Gasteiger partial charge is 0.289 e. The molecule has 2 aromatic carbocycles. The highest BCUT2D eigenvalue weighted by molar-refractivity contribution is 6.69. The molecule has 0 aliphatic rings. The van der Waals surface area contributed by atoms with E-state index in [4.69, 9.17) is 23.2 Å². The van der Waals surface area contributed by atoms with Crippen LogP contribution in [0.1, 0.15) is 26.3 Å². The van der Waals surface area contributed by atoms with E-state index in [1.54, 1.807) is 36.4 Å². The third-order valence-electron chi connectivity index (χ3n) is 2.49. The fourth-order valence-electron chi connectivity index (χ4n) is 1.60. The van der Waals surface area contributed by atoms with Gasteiger partial charge in [-0.1, -0.05) is 48.0 Å². The fourth-order valence-corrected chi connectivity index (χ4v) is 2.11. The van der Waals surface area contributed by atoms with Gasteiger partial charge in [-0.3, -0.25) is 9.59 Å². The molecule has 0 spiro atoms. The summed E-state index contributed by atoms with van der Waals surface area (Å²) in [5, 5.41) is -0.589. The molecule has 2 aromatic rings. The number of rotatable bonds is 3. The maximum atomic E-state index is 12.2. The molecule has 2 rings (SSSR count). The molecule has 90 valence electrons. The third-order valence-corrected chi connectivity index (χ3v) is 3.10. The van der Waals surface area contributed by atoms with Crippen LogP contribution in [0.2, 0.25) is 5.02 Å². The molecule has 0 saturated carbocycles. The lowest BCUT2D eigenvalue weighted by Gasteiger charge is -2.06. The molecule has 0 fully saturated rings. The first-order chi connectivity index (χ1) is 8.61. The highest BCUT2D eigenvalue weighted by Crippen LogP contribution is 2.25. The average Bonchev–Trinajstić information content (AvgIpc) is 2.39. The van der Waals surface area contributed by atoms with Crippen LogP contribution in [0.4, 0.5) is 0 Å². The van der Waals surface area contributed by atoms with Gasteiger partial charge in [-0.25, -0.2) is 0 Å². The lowest BCUT2D eigenvalue weighted by Crippen LogP contribution is -2.04. The molecular weight excluding hydrogens is 271 g/mol. The van der Waals surface area contributed by atoms with E-state index in [9.17, 15) is 9.59 Å². The summed E-state index contributed by atoms with van der Waals surface area (Å²) >= 11 is 11.4. The van der Waals surface area contributed by atoms with Gasteiger partial charge in [0, 0.05) is 11.1 Å². The first-order valence-electron chi connectivity index (χ1n) is 5.19. The van der Waals surface area contributed by atoms with Crippen LogP contribution < -0.4 is 0 Å². The number of benzene rings is 2. The maximum absolute atomic E-state index is 12.2. The Morgan fingerprint density at radius 1 is 0.833 bits per heavy atom. The van der Waals surface area contributed by atoms with Crippen LogP contribution >= 0.6 is 23.2 Å². The summed E-state index contributed by atoms with van der Waals surface area (Å²) < 4.78 is 0. The van der Waals surface area contributed by atoms with E-state index in [-0.39, 0.29) is 21.9 Å². The second-order valence-corrected chi connectivity index (χ2v) is 4.36. The standard InChI is InChI=1S/C14H8Cl2O2/c15-12-10(7-4-8-11(12)14(16)18)13(17)9-5-2-1-3-6-9/h1-8H. The zero-order valence-electron chi connectivity index (χ0n) is 9.19. The van der Waals surface area contributed by atoms with E-state index in [1.165, 1.54) is 6.07 Å². The molecule has 0 aliphatic heterocycles. The predicted molar refractivity (Wildman–Crippen MR) is 71.5 cm³/mol. The average molecular weight is 279 g/mol. The molecule has 0 heterocycles. The van der Waals surface area contributed by atoms with Crippen molar-refractivity contribution in [2.75, 3.05) is 0 Å². The summed E-state index contributed by atoms with van der Waals surface area (Å²) in [6, 6.07) is 13.4. The van der Waals surface area contributed by atoms with Crippen LogP contribution in [0.15, 0.2) is 48.5 Å². The van der Waals surface area contributed by atoms with E-state index in [0.29, 0.717) is 5.56 Å². The van der Waals surface area contributed by atoms with Gasteiger partial charge in [0.1, 0.15) is 0 Å². The molecule has 0 atom stereocenters. The Bertz CT molecular complexity index is 606. The SMILES string of the molecule is O=C(Cl)c1cccc(C(=O)c2ccccc2)c1Cl. The van der Waals surface area contributed by atoms with Gasteiger partial charge in [-0.2, -0.15) is 0 Å². The molecule has 0 aliphatic carbocycles. The van der Waals surface area contributed by atoms with Crippen molar-refractivity contribution in [1.82, 2.24) is 0 Å². The van der Waals surface area contributed by atoms with Gasteiger partial charge in [0.05, 0.1) is 10.6 Å². The monoisotopic (exact) mass is 278 g/mol. The van der Waals surface area contributed by atoms with Crippen LogP contribution in [-0.4, -0.2) is 11.0 Å². The smallest absolute Gasteiger partial charge is 0.253 e. The molecule has 4 heteroatoms. The van der Waals surface area contributed by atoms with Crippen molar-refractivity contribution >= 4 is 34.2 Å². The van der Waals surface area contributed by atoms with E-state index >= 15 is 0 Å². The molecule has 0 unspecified atom stereocenters. The summed E-state index contributed by atoms with van der Waals surface area (Å²) in [7, 11) is 0. The van der Waals surface area contributed by atoms with Gasteiger partial charge < -0.3 is 0 Å². The Balaban J connectivity index is 2.50. The maximum Gasteiger partial charge on any atom is 0.253 e. The second-order valence-electron chi connectivity index (χ2n) is 3.64. The number of carbonyl (C=O) groups excluding carboxylic acids is 2. The number of carbonyl (C=O) groups is 2. The highest BCUT2D eigenvalue weighted by Gasteiger charge is 2.17. The summed E-state index contributed by atoms with van der Waals surface area (Å²) in [6.45, 7) is 0. The molecule has 2 nitrogen and oxygen atoms in total. The Morgan fingerprint density at radius 2 is 1.44 bits per heavy atom. The van der Waals surface area contributed by atoms with Crippen molar-refractivity contribution in [3.63, 3.8) is 0 Å². The van der Waals surface area contributed by atoms with Gasteiger partial charge in [-0.05, 0) is 23.7 Å². The lowest BCUT2D eigenvalue weighted by molar-refractivity contribution is 0.103. The quantitative estimate of drug-likeness (QED) is 0.629. The minimum atomic E-state index is -0.678. The van der Waals surface area contributed by atoms with Gasteiger partial charge >= 0.3 is 0 Å². The van der Waals surface area contributed by atoms with Crippen LogP contribution in [-0.2, 0) is 0 Å². The van der Waals surface area contributed by atoms with Crippen LogP contribution in [0.5, 0.6) is 0 Å². The Kier molecular flexibility index (Phi) is 3.80. The molecule has 0 N–H and O–H groups in total. The summed E-state index contributed by atoms with van der Waals surface area (Å²) in [6.07, 6.45) is 0. The Labute approximate surface area is 114 Å². The van der Waals surface area contributed by atoms with Crippen molar-refractivity contribution in [1.29, 1.82) is 0 Å². The topological polar surface area (TPSA) is 34.1 Å². The molecule has 0 bridgehead atoms. The molecule has 0 saturated heterocycles. The Morgan fingerprint density at radius 3 is 2.06 bits per heavy atom.